The first-order chi connectivity index (χ1) is 12.1. The largest absolute Gasteiger partial charge is 0.379 e. The second-order valence-corrected chi connectivity index (χ2v) is 6.18. The molecule has 0 spiro atoms. The minimum Gasteiger partial charge on any atom is -0.379 e. The minimum absolute atomic E-state index is 0.228. The molecule has 0 radical (unpaired) electrons. The molecule has 1 aliphatic heterocycles. The monoisotopic (exact) mass is 363 g/mol. The molecule has 1 amide bonds. The predicted molar refractivity (Wildman–Crippen MR) is 94.2 cm³/mol. The Morgan fingerprint density at radius 3 is 2.84 bits per heavy atom. The second kappa shape index (κ2) is 8.38. The van der Waals surface area contributed by atoms with Crippen LogP contribution in [-0.4, -0.2) is 55.2 Å². The number of halogens is 2. The lowest BCUT2D eigenvalue weighted by Crippen LogP contribution is -2.41. The van der Waals surface area contributed by atoms with Crippen molar-refractivity contribution in [1.29, 1.82) is 0 Å². The van der Waals surface area contributed by atoms with Gasteiger partial charge in [-0.25, -0.2) is 4.39 Å². The van der Waals surface area contributed by atoms with Crippen LogP contribution < -0.4 is 5.32 Å². The third kappa shape index (κ3) is 4.75. The van der Waals surface area contributed by atoms with Crippen LogP contribution in [-0.2, 0) is 4.74 Å². The summed E-state index contributed by atoms with van der Waals surface area (Å²) in [4.78, 5) is 18.7. The van der Waals surface area contributed by atoms with Gasteiger partial charge in [0.15, 0.2) is 0 Å². The number of carbonyl (C=O) groups is 1. The topological polar surface area (TPSA) is 54.5 Å². The third-order valence-corrected chi connectivity index (χ3v) is 4.31. The molecule has 132 valence electrons. The number of morpholine rings is 1. The number of ether oxygens (including phenoxy) is 1. The molecule has 1 N–H and O–H groups in total. The summed E-state index contributed by atoms with van der Waals surface area (Å²) in [6, 6.07) is 7.58. The van der Waals surface area contributed by atoms with E-state index in [0.717, 1.165) is 32.8 Å². The van der Waals surface area contributed by atoms with Crippen molar-refractivity contribution in [2.75, 3.05) is 39.4 Å². The van der Waals surface area contributed by atoms with Crippen LogP contribution in [0.15, 0.2) is 36.5 Å². The van der Waals surface area contributed by atoms with Crippen LogP contribution in [0.1, 0.15) is 10.4 Å². The molecule has 0 aliphatic carbocycles. The van der Waals surface area contributed by atoms with E-state index in [2.05, 4.69) is 15.2 Å². The number of hydrogen-bond donors (Lipinski definition) is 1. The van der Waals surface area contributed by atoms with Crippen LogP contribution >= 0.6 is 11.6 Å². The molecule has 1 saturated heterocycles. The van der Waals surface area contributed by atoms with E-state index in [-0.39, 0.29) is 11.7 Å². The molecule has 0 atom stereocenters. The van der Waals surface area contributed by atoms with Gasteiger partial charge in [0.1, 0.15) is 5.82 Å². The second-order valence-electron chi connectivity index (χ2n) is 5.77. The van der Waals surface area contributed by atoms with E-state index in [1.807, 2.05) is 0 Å². The Bertz CT molecular complexity index is 751. The van der Waals surface area contributed by atoms with Gasteiger partial charge in [-0.1, -0.05) is 23.7 Å². The molecular formula is C18H19ClFN3O2. The molecule has 5 nitrogen and oxygen atoms in total. The summed E-state index contributed by atoms with van der Waals surface area (Å²) < 4.78 is 18.6. The van der Waals surface area contributed by atoms with Crippen LogP contribution in [0.25, 0.3) is 11.3 Å². The van der Waals surface area contributed by atoms with Crippen molar-refractivity contribution in [2.45, 2.75) is 0 Å². The Balaban J connectivity index is 1.60. The number of carbonyl (C=O) groups excluding carboxylic acids is 1. The maximum absolute atomic E-state index is 13.3. The zero-order valence-electron chi connectivity index (χ0n) is 13.7. The van der Waals surface area contributed by atoms with E-state index < -0.39 is 0 Å². The van der Waals surface area contributed by atoms with Crippen LogP contribution in [0.4, 0.5) is 4.39 Å². The summed E-state index contributed by atoms with van der Waals surface area (Å²) in [5.74, 6) is -0.589. The van der Waals surface area contributed by atoms with Crippen molar-refractivity contribution in [3.63, 3.8) is 0 Å². The summed E-state index contributed by atoms with van der Waals surface area (Å²) >= 11 is 6.23. The SMILES string of the molecule is O=C(NCCN1CCOCC1)c1cnc(-c2cccc(F)c2)c(Cl)c1. The highest BCUT2D eigenvalue weighted by molar-refractivity contribution is 6.33. The molecule has 25 heavy (non-hydrogen) atoms. The van der Waals surface area contributed by atoms with Crippen molar-refractivity contribution in [3.05, 3.63) is 52.9 Å². The van der Waals surface area contributed by atoms with Gasteiger partial charge in [0.25, 0.3) is 5.91 Å². The van der Waals surface area contributed by atoms with Gasteiger partial charge in [-0.15, -0.1) is 0 Å². The number of hydrogen-bond acceptors (Lipinski definition) is 4. The Hall–Kier alpha value is -2.02. The summed E-state index contributed by atoms with van der Waals surface area (Å²) in [6.45, 7) is 4.54. The fourth-order valence-electron chi connectivity index (χ4n) is 2.66. The number of nitrogens with one attached hydrogen (secondary N) is 1. The van der Waals surface area contributed by atoms with E-state index in [1.165, 1.54) is 18.3 Å². The Labute approximate surface area is 150 Å². The fraction of sp³-hybridized carbons (Fsp3) is 0.333. The van der Waals surface area contributed by atoms with Gasteiger partial charge in [0, 0.05) is 37.9 Å². The van der Waals surface area contributed by atoms with Crippen LogP contribution in [0.3, 0.4) is 0 Å². The zero-order chi connectivity index (χ0) is 17.6. The van der Waals surface area contributed by atoms with Gasteiger partial charge in [0.05, 0.1) is 29.5 Å². The maximum atomic E-state index is 13.3. The highest BCUT2D eigenvalue weighted by Gasteiger charge is 2.13. The van der Waals surface area contributed by atoms with E-state index in [4.69, 9.17) is 16.3 Å². The van der Waals surface area contributed by atoms with Crippen molar-refractivity contribution < 1.29 is 13.9 Å². The van der Waals surface area contributed by atoms with E-state index >= 15 is 0 Å². The van der Waals surface area contributed by atoms with Gasteiger partial charge >= 0.3 is 0 Å². The molecule has 0 unspecified atom stereocenters. The smallest absolute Gasteiger partial charge is 0.252 e. The first-order valence-corrected chi connectivity index (χ1v) is 8.51. The summed E-state index contributed by atoms with van der Waals surface area (Å²) in [6.07, 6.45) is 1.45. The van der Waals surface area contributed by atoms with Crippen molar-refractivity contribution in [2.24, 2.45) is 0 Å². The quantitative estimate of drug-likeness (QED) is 0.887. The number of rotatable bonds is 5. The number of amides is 1. The molecule has 2 heterocycles. The van der Waals surface area contributed by atoms with Crippen LogP contribution in [0, 0.1) is 5.82 Å². The highest BCUT2D eigenvalue weighted by Crippen LogP contribution is 2.26. The first-order valence-electron chi connectivity index (χ1n) is 8.13. The molecule has 1 aromatic carbocycles. The summed E-state index contributed by atoms with van der Waals surface area (Å²) in [5.41, 5.74) is 1.41. The van der Waals surface area contributed by atoms with Crippen molar-refractivity contribution in [3.8, 4) is 11.3 Å². The summed E-state index contributed by atoms with van der Waals surface area (Å²) in [5, 5.41) is 3.17. The highest BCUT2D eigenvalue weighted by atomic mass is 35.5. The number of nitrogens with zero attached hydrogens (tertiary/aromatic N) is 2. The summed E-state index contributed by atoms with van der Waals surface area (Å²) in [7, 11) is 0. The Kier molecular flexibility index (Phi) is 5.96. The van der Waals surface area contributed by atoms with Crippen LogP contribution in [0.2, 0.25) is 5.02 Å². The third-order valence-electron chi connectivity index (χ3n) is 4.02. The van der Waals surface area contributed by atoms with E-state index in [9.17, 15) is 9.18 Å². The molecular weight excluding hydrogens is 345 g/mol. The standard InChI is InChI=1S/C18H19ClFN3O2/c19-16-11-14(12-22-17(16)13-2-1-3-15(20)10-13)18(24)21-4-5-23-6-8-25-9-7-23/h1-3,10-12H,4-9H2,(H,21,24). The lowest BCUT2D eigenvalue weighted by molar-refractivity contribution is 0.0383. The Morgan fingerprint density at radius 2 is 2.12 bits per heavy atom. The normalized spacial score (nSPS) is 15.1. The van der Waals surface area contributed by atoms with Gasteiger partial charge in [-0.2, -0.15) is 0 Å². The van der Waals surface area contributed by atoms with Gasteiger partial charge in [-0.3, -0.25) is 14.7 Å². The maximum Gasteiger partial charge on any atom is 0.252 e. The lowest BCUT2D eigenvalue weighted by atomic mass is 10.1. The fourth-order valence-corrected chi connectivity index (χ4v) is 2.94. The van der Waals surface area contributed by atoms with Crippen molar-refractivity contribution in [1.82, 2.24) is 15.2 Å². The molecule has 0 bridgehead atoms. The molecule has 3 rings (SSSR count). The number of aromatic nitrogens is 1. The van der Waals surface area contributed by atoms with E-state index in [0.29, 0.717) is 28.4 Å². The molecule has 1 fully saturated rings. The number of pyridine rings is 1. The average Bonchev–Trinajstić information content (AvgIpc) is 2.62. The molecule has 7 heteroatoms. The molecule has 1 aliphatic rings. The number of benzene rings is 1. The molecule has 2 aromatic rings. The van der Waals surface area contributed by atoms with E-state index in [1.54, 1.807) is 18.2 Å². The Morgan fingerprint density at radius 1 is 1.32 bits per heavy atom. The molecule has 0 saturated carbocycles. The van der Waals surface area contributed by atoms with Gasteiger partial charge in [0.2, 0.25) is 0 Å². The zero-order valence-corrected chi connectivity index (χ0v) is 14.4. The minimum atomic E-state index is -0.361. The average molecular weight is 364 g/mol. The predicted octanol–water partition coefficient (Wildman–Crippen LogP) is 2.60. The van der Waals surface area contributed by atoms with Crippen LogP contribution in [0.5, 0.6) is 0 Å². The molecule has 1 aromatic heterocycles. The first kappa shape index (κ1) is 17.8. The lowest BCUT2D eigenvalue weighted by Gasteiger charge is -2.26. The van der Waals surface area contributed by atoms with Gasteiger partial charge in [-0.05, 0) is 18.2 Å². The van der Waals surface area contributed by atoms with Gasteiger partial charge < -0.3 is 10.1 Å². The van der Waals surface area contributed by atoms with Crippen molar-refractivity contribution >= 4 is 17.5 Å².